The summed E-state index contributed by atoms with van der Waals surface area (Å²) in [6.07, 6.45) is 5.39. The van der Waals surface area contributed by atoms with Gasteiger partial charge in [0, 0.05) is 23.9 Å². The molecule has 1 aromatic carbocycles. The molecule has 2 aromatic rings. The summed E-state index contributed by atoms with van der Waals surface area (Å²) >= 11 is 0. The smallest absolute Gasteiger partial charge is 0.138 e. The summed E-state index contributed by atoms with van der Waals surface area (Å²) in [6, 6.07) is 6.63. The van der Waals surface area contributed by atoms with E-state index >= 15 is 0 Å². The molecule has 0 radical (unpaired) electrons. The van der Waals surface area contributed by atoms with Gasteiger partial charge < -0.3 is 5.73 Å². The first-order valence-corrected chi connectivity index (χ1v) is 7.26. The molecule has 1 atom stereocenters. The molecular formula is C17H22FN3. The van der Waals surface area contributed by atoms with Crippen LogP contribution in [-0.2, 0) is 11.8 Å². The van der Waals surface area contributed by atoms with Gasteiger partial charge in [-0.1, -0.05) is 19.1 Å². The van der Waals surface area contributed by atoms with E-state index in [1.165, 1.54) is 12.1 Å². The minimum Gasteiger partial charge on any atom is -0.327 e. The minimum absolute atomic E-state index is 0.143. The second-order valence-corrected chi connectivity index (χ2v) is 5.92. The van der Waals surface area contributed by atoms with Gasteiger partial charge >= 0.3 is 0 Å². The molecule has 0 fully saturated rings. The standard InChI is InChI=1S/C17H22FN3/c1-4-15(19)9-12-10-20-16(21-11-12)17(2,3)13-5-7-14(18)8-6-13/h5-8,10-11,15H,4,9,19H2,1-3H3. The zero-order valence-electron chi connectivity index (χ0n) is 12.8. The molecule has 0 saturated heterocycles. The fourth-order valence-corrected chi connectivity index (χ4v) is 2.23. The van der Waals surface area contributed by atoms with Crippen LogP contribution >= 0.6 is 0 Å². The van der Waals surface area contributed by atoms with Crippen molar-refractivity contribution in [2.45, 2.75) is 45.1 Å². The van der Waals surface area contributed by atoms with Crippen LogP contribution in [-0.4, -0.2) is 16.0 Å². The van der Waals surface area contributed by atoms with E-state index in [1.807, 2.05) is 26.2 Å². The molecule has 21 heavy (non-hydrogen) atoms. The van der Waals surface area contributed by atoms with Crippen molar-refractivity contribution in [2.75, 3.05) is 0 Å². The predicted octanol–water partition coefficient (Wildman–Crippen LogP) is 3.22. The summed E-state index contributed by atoms with van der Waals surface area (Å²) in [4.78, 5) is 8.95. The number of hydrogen-bond donors (Lipinski definition) is 1. The van der Waals surface area contributed by atoms with Gasteiger partial charge in [0.25, 0.3) is 0 Å². The number of rotatable bonds is 5. The van der Waals surface area contributed by atoms with Crippen molar-refractivity contribution in [3.05, 3.63) is 59.4 Å². The van der Waals surface area contributed by atoms with Crippen molar-refractivity contribution >= 4 is 0 Å². The number of halogens is 1. The van der Waals surface area contributed by atoms with E-state index in [0.717, 1.165) is 29.8 Å². The average Bonchev–Trinajstić information content (AvgIpc) is 2.48. The van der Waals surface area contributed by atoms with E-state index < -0.39 is 0 Å². The molecule has 1 heterocycles. The Morgan fingerprint density at radius 3 is 2.24 bits per heavy atom. The summed E-state index contributed by atoms with van der Waals surface area (Å²) in [7, 11) is 0. The van der Waals surface area contributed by atoms with E-state index in [1.54, 1.807) is 12.1 Å². The lowest BCUT2D eigenvalue weighted by atomic mass is 9.83. The second kappa shape index (κ2) is 6.31. The fraction of sp³-hybridized carbons (Fsp3) is 0.412. The van der Waals surface area contributed by atoms with Crippen LogP contribution in [0.1, 0.15) is 44.1 Å². The predicted molar refractivity (Wildman–Crippen MR) is 82.5 cm³/mol. The first kappa shape index (κ1) is 15.6. The average molecular weight is 287 g/mol. The Morgan fingerprint density at radius 1 is 1.14 bits per heavy atom. The molecule has 2 N–H and O–H groups in total. The van der Waals surface area contributed by atoms with Crippen molar-refractivity contribution in [3.63, 3.8) is 0 Å². The second-order valence-electron chi connectivity index (χ2n) is 5.92. The van der Waals surface area contributed by atoms with Crippen molar-refractivity contribution in [2.24, 2.45) is 5.73 Å². The molecule has 0 aliphatic heterocycles. The third-order valence-corrected chi connectivity index (χ3v) is 3.85. The van der Waals surface area contributed by atoms with Gasteiger partial charge in [-0.25, -0.2) is 14.4 Å². The van der Waals surface area contributed by atoms with Crippen LogP contribution in [0.25, 0.3) is 0 Å². The largest absolute Gasteiger partial charge is 0.327 e. The highest BCUT2D eigenvalue weighted by Crippen LogP contribution is 2.28. The Kier molecular flexibility index (Phi) is 4.68. The molecule has 2 rings (SSSR count). The van der Waals surface area contributed by atoms with Crippen LogP contribution in [0.5, 0.6) is 0 Å². The molecule has 0 spiro atoms. The van der Waals surface area contributed by atoms with Gasteiger partial charge in [-0.2, -0.15) is 0 Å². The first-order chi connectivity index (χ1) is 9.93. The van der Waals surface area contributed by atoms with Crippen LogP contribution in [0, 0.1) is 5.82 Å². The molecule has 0 aliphatic rings. The van der Waals surface area contributed by atoms with Gasteiger partial charge in [-0.15, -0.1) is 0 Å². The van der Waals surface area contributed by atoms with E-state index in [-0.39, 0.29) is 17.3 Å². The highest BCUT2D eigenvalue weighted by molar-refractivity contribution is 5.31. The summed E-state index contributed by atoms with van der Waals surface area (Å²) in [5.41, 5.74) is 7.61. The lowest BCUT2D eigenvalue weighted by Gasteiger charge is -2.23. The zero-order valence-corrected chi connectivity index (χ0v) is 12.8. The number of nitrogens with two attached hydrogens (primary N) is 1. The van der Waals surface area contributed by atoms with Crippen LogP contribution < -0.4 is 5.73 Å². The van der Waals surface area contributed by atoms with Crippen molar-refractivity contribution < 1.29 is 4.39 Å². The van der Waals surface area contributed by atoms with Gasteiger partial charge in [0.15, 0.2) is 0 Å². The van der Waals surface area contributed by atoms with E-state index in [9.17, 15) is 4.39 Å². The molecule has 1 unspecified atom stereocenters. The quantitative estimate of drug-likeness (QED) is 0.918. The summed E-state index contributed by atoms with van der Waals surface area (Å²) in [6.45, 7) is 6.14. The molecule has 0 bridgehead atoms. The topological polar surface area (TPSA) is 51.8 Å². The number of aromatic nitrogens is 2. The monoisotopic (exact) mass is 287 g/mol. The van der Waals surface area contributed by atoms with E-state index in [2.05, 4.69) is 16.9 Å². The third kappa shape index (κ3) is 3.64. The molecule has 3 nitrogen and oxygen atoms in total. The van der Waals surface area contributed by atoms with Crippen LogP contribution in [0.4, 0.5) is 4.39 Å². The van der Waals surface area contributed by atoms with Gasteiger partial charge in [0.1, 0.15) is 11.6 Å². The maximum atomic E-state index is 13.0. The number of hydrogen-bond acceptors (Lipinski definition) is 3. The van der Waals surface area contributed by atoms with Gasteiger partial charge in [-0.05, 0) is 49.9 Å². The summed E-state index contributed by atoms with van der Waals surface area (Å²) in [5.74, 6) is 0.488. The molecule has 1 aromatic heterocycles. The lowest BCUT2D eigenvalue weighted by Crippen LogP contribution is -2.24. The molecule has 0 aliphatic carbocycles. The van der Waals surface area contributed by atoms with Crippen LogP contribution in [0.2, 0.25) is 0 Å². The first-order valence-electron chi connectivity index (χ1n) is 7.26. The highest BCUT2D eigenvalue weighted by atomic mass is 19.1. The molecule has 0 saturated carbocycles. The highest BCUT2D eigenvalue weighted by Gasteiger charge is 2.26. The fourth-order valence-electron chi connectivity index (χ4n) is 2.23. The Hall–Kier alpha value is -1.81. The SMILES string of the molecule is CCC(N)Cc1cnc(C(C)(C)c2ccc(F)cc2)nc1. The van der Waals surface area contributed by atoms with Crippen molar-refractivity contribution in [1.82, 2.24) is 9.97 Å². The molecular weight excluding hydrogens is 265 g/mol. The minimum atomic E-state index is -0.362. The maximum absolute atomic E-state index is 13.0. The van der Waals surface area contributed by atoms with E-state index in [0.29, 0.717) is 0 Å². The lowest BCUT2D eigenvalue weighted by molar-refractivity contribution is 0.578. The summed E-state index contributed by atoms with van der Waals surface area (Å²) in [5, 5.41) is 0. The van der Waals surface area contributed by atoms with Crippen molar-refractivity contribution in [1.29, 1.82) is 0 Å². The number of nitrogens with zero attached hydrogens (tertiary/aromatic N) is 2. The van der Waals surface area contributed by atoms with Crippen molar-refractivity contribution in [3.8, 4) is 0 Å². The maximum Gasteiger partial charge on any atom is 0.138 e. The number of benzene rings is 1. The molecule has 0 amide bonds. The van der Waals surface area contributed by atoms with Gasteiger partial charge in [0.2, 0.25) is 0 Å². The third-order valence-electron chi connectivity index (χ3n) is 3.85. The summed E-state index contributed by atoms with van der Waals surface area (Å²) < 4.78 is 13.0. The van der Waals surface area contributed by atoms with E-state index in [4.69, 9.17) is 5.73 Å². The van der Waals surface area contributed by atoms with Gasteiger partial charge in [0.05, 0.1) is 0 Å². The Labute approximate surface area is 125 Å². The van der Waals surface area contributed by atoms with Gasteiger partial charge in [-0.3, -0.25) is 0 Å². The molecule has 4 heteroatoms. The molecule has 112 valence electrons. The zero-order chi connectivity index (χ0) is 15.5. The Bertz CT molecular complexity index is 576. The van der Waals surface area contributed by atoms with Crippen LogP contribution in [0.15, 0.2) is 36.7 Å². The Morgan fingerprint density at radius 2 is 1.71 bits per heavy atom. The van der Waals surface area contributed by atoms with Crippen LogP contribution in [0.3, 0.4) is 0 Å². The Balaban J connectivity index is 2.22. The normalized spacial score (nSPS) is 13.2.